The maximum Gasteiger partial charge on any atom is 0.0406 e. The van der Waals surface area contributed by atoms with Gasteiger partial charge in [0.15, 0.2) is 0 Å². The van der Waals surface area contributed by atoms with Gasteiger partial charge in [-0.1, -0.05) is 48.0 Å². The Labute approximate surface area is 114 Å². The van der Waals surface area contributed by atoms with Crippen LogP contribution in [0.2, 0.25) is 5.02 Å². The van der Waals surface area contributed by atoms with Crippen LogP contribution in [-0.2, 0) is 6.42 Å². The van der Waals surface area contributed by atoms with Gasteiger partial charge in [-0.05, 0) is 60.4 Å². The predicted octanol–water partition coefficient (Wildman–Crippen LogP) is 5.01. The molecule has 0 atom stereocenters. The van der Waals surface area contributed by atoms with Gasteiger partial charge in [0.1, 0.15) is 0 Å². The van der Waals surface area contributed by atoms with Crippen LogP contribution in [0.3, 0.4) is 0 Å². The van der Waals surface area contributed by atoms with Gasteiger partial charge in [-0.15, -0.1) is 0 Å². The lowest BCUT2D eigenvalue weighted by atomic mass is 10.0. The van der Waals surface area contributed by atoms with E-state index in [1.165, 1.54) is 29.5 Å². The molecule has 0 aromatic heterocycles. The Hall–Kier alpha value is -1.27. The molecule has 18 heavy (non-hydrogen) atoms. The number of halogens is 1. The first kappa shape index (κ1) is 11.8. The van der Waals surface area contributed by atoms with Crippen molar-refractivity contribution in [2.75, 3.05) is 0 Å². The monoisotopic (exact) mass is 255 g/mol. The number of benzene rings is 2. The van der Waals surface area contributed by atoms with Crippen molar-refractivity contribution in [1.29, 1.82) is 0 Å². The fourth-order valence-corrected chi connectivity index (χ4v) is 2.34. The number of hydrogen-bond donors (Lipinski definition) is 0. The summed E-state index contributed by atoms with van der Waals surface area (Å²) >= 11 is 5.88. The van der Waals surface area contributed by atoms with Crippen molar-refractivity contribution in [3.63, 3.8) is 0 Å². The van der Waals surface area contributed by atoms with Crippen LogP contribution in [0.5, 0.6) is 0 Å². The van der Waals surface area contributed by atoms with Crippen molar-refractivity contribution in [3.8, 4) is 0 Å². The summed E-state index contributed by atoms with van der Waals surface area (Å²) in [5, 5.41) is 0.800. The molecule has 3 rings (SSSR count). The highest BCUT2D eigenvalue weighted by atomic mass is 35.5. The van der Waals surface area contributed by atoms with Crippen LogP contribution >= 0.6 is 11.6 Å². The highest BCUT2D eigenvalue weighted by Crippen LogP contribution is 2.40. The van der Waals surface area contributed by atoms with E-state index >= 15 is 0 Å². The lowest BCUT2D eigenvalue weighted by molar-refractivity contribution is 1.11. The molecule has 0 N–H and O–H groups in total. The summed E-state index contributed by atoms with van der Waals surface area (Å²) in [6.45, 7) is 0. The first-order valence-electron chi connectivity index (χ1n) is 6.49. The maximum atomic E-state index is 5.88. The third-order valence-electron chi connectivity index (χ3n) is 3.45. The van der Waals surface area contributed by atoms with Crippen LogP contribution in [0.4, 0.5) is 0 Å². The van der Waals surface area contributed by atoms with Gasteiger partial charge in [-0.25, -0.2) is 0 Å². The average molecular weight is 256 g/mol. The molecule has 1 aliphatic carbocycles. The third-order valence-corrected chi connectivity index (χ3v) is 3.70. The van der Waals surface area contributed by atoms with Crippen LogP contribution in [0, 0.1) is 6.42 Å². The topological polar surface area (TPSA) is 0 Å². The van der Waals surface area contributed by atoms with Gasteiger partial charge < -0.3 is 0 Å². The second-order valence-electron chi connectivity index (χ2n) is 4.98. The molecule has 0 saturated heterocycles. The second kappa shape index (κ2) is 5.16. The average Bonchev–Trinajstić information content (AvgIpc) is 3.23. The molecule has 0 unspecified atom stereocenters. The zero-order valence-corrected chi connectivity index (χ0v) is 11.0. The Morgan fingerprint density at radius 3 is 2.56 bits per heavy atom. The lowest BCUT2D eigenvalue weighted by Crippen LogP contribution is -1.90. The smallest absolute Gasteiger partial charge is 0.0406 e. The Balaban J connectivity index is 1.65. The molecule has 0 heterocycles. The number of rotatable bonds is 4. The van der Waals surface area contributed by atoms with Crippen molar-refractivity contribution in [2.24, 2.45) is 0 Å². The van der Waals surface area contributed by atoms with Gasteiger partial charge in [-0.3, -0.25) is 0 Å². The van der Waals surface area contributed by atoms with E-state index in [1.54, 1.807) is 0 Å². The minimum absolute atomic E-state index is 0.800. The molecule has 1 aliphatic rings. The fraction of sp³-hybridized carbons (Fsp3) is 0.235. The Morgan fingerprint density at radius 2 is 1.83 bits per heavy atom. The molecule has 91 valence electrons. The molecule has 1 fully saturated rings. The molecule has 2 aromatic carbocycles. The van der Waals surface area contributed by atoms with Gasteiger partial charge >= 0.3 is 0 Å². The van der Waals surface area contributed by atoms with E-state index in [4.69, 9.17) is 11.6 Å². The quantitative estimate of drug-likeness (QED) is 0.720. The van der Waals surface area contributed by atoms with E-state index in [0.29, 0.717) is 0 Å². The highest BCUT2D eigenvalue weighted by Gasteiger charge is 2.23. The summed E-state index contributed by atoms with van der Waals surface area (Å²) in [5.74, 6) is 0.828. The molecule has 2 aromatic rings. The summed E-state index contributed by atoms with van der Waals surface area (Å²) in [6.07, 6.45) is 5.97. The van der Waals surface area contributed by atoms with Crippen molar-refractivity contribution in [3.05, 3.63) is 76.7 Å². The molecule has 0 aliphatic heterocycles. The van der Waals surface area contributed by atoms with E-state index < -0.39 is 0 Å². The van der Waals surface area contributed by atoms with Crippen LogP contribution in [0.15, 0.2) is 48.5 Å². The molecule has 1 radical (unpaired) electrons. The van der Waals surface area contributed by atoms with E-state index in [-0.39, 0.29) is 0 Å². The van der Waals surface area contributed by atoms with Gasteiger partial charge in [0.05, 0.1) is 0 Å². The van der Waals surface area contributed by atoms with Crippen LogP contribution in [-0.4, -0.2) is 0 Å². The van der Waals surface area contributed by atoms with E-state index in [9.17, 15) is 0 Å². The SMILES string of the molecule is Clc1ccc(C[CH]c2cccc(C3CC3)c2)cc1. The van der Waals surface area contributed by atoms with Gasteiger partial charge in [-0.2, -0.15) is 0 Å². The largest absolute Gasteiger partial charge is 0.0843 e. The minimum Gasteiger partial charge on any atom is -0.0843 e. The molecule has 1 saturated carbocycles. The van der Waals surface area contributed by atoms with Crippen molar-refractivity contribution < 1.29 is 0 Å². The van der Waals surface area contributed by atoms with Crippen LogP contribution in [0.25, 0.3) is 0 Å². The summed E-state index contributed by atoms with van der Waals surface area (Å²) in [5.41, 5.74) is 4.13. The molecular formula is C17H16Cl. The molecule has 0 bridgehead atoms. The summed E-state index contributed by atoms with van der Waals surface area (Å²) in [6, 6.07) is 17.0. The van der Waals surface area contributed by atoms with Crippen LogP contribution < -0.4 is 0 Å². The molecule has 0 amide bonds. The Bertz CT molecular complexity index is 524. The summed E-state index contributed by atoms with van der Waals surface area (Å²) < 4.78 is 0. The summed E-state index contributed by atoms with van der Waals surface area (Å²) in [7, 11) is 0. The van der Waals surface area contributed by atoms with Gasteiger partial charge in [0.25, 0.3) is 0 Å². The first-order chi connectivity index (χ1) is 8.81. The van der Waals surface area contributed by atoms with Gasteiger partial charge in [0.2, 0.25) is 0 Å². The zero-order chi connectivity index (χ0) is 12.4. The predicted molar refractivity (Wildman–Crippen MR) is 77.0 cm³/mol. The minimum atomic E-state index is 0.800. The first-order valence-corrected chi connectivity index (χ1v) is 6.87. The van der Waals surface area contributed by atoms with Crippen molar-refractivity contribution in [2.45, 2.75) is 25.2 Å². The summed E-state index contributed by atoms with van der Waals surface area (Å²) in [4.78, 5) is 0. The molecule has 1 heteroatoms. The van der Waals surface area contributed by atoms with Gasteiger partial charge in [0, 0.05) is 5.02 Å². The maximum absolute atomic E-state index is 5.88. The normalized spacial score (nSPS) is 14.7. The van der Waals surface area contributed by atoms with E-state index in [2.05, 4.69) is 42.8 Å². The Kier molecular flexibility index (Phi) is 3.38. The standard InChI is InChI=1S/C17H16Cl/c18-17-10-6-13(7-11-17)4-5-14-2-1-3-16(12-14)15-8-9-15/h1-3,5-7,10-12,15H,4,8-9H2. The van der Waals surface area contributed by atoms with Crippen molar-refractivity contribution in [1.82, 2.24) is 0 Å². The Morgan fingerprint density at radius 1 is 1.06 bits per heavy atom. The number of hydrogen-bond acceptors (Lipinski definition) is 0. The lowest BCUT2D eigenvalue weighted by Gasteiger charge is -2.04. The van der Waals surface area contributed by atoms with Crippen LogP contribution in [0.1, 0.15) is 35.4 Å². The fourth-order valence-electron chi connectivity index (χ4n) is 2.21. The third kappa shape index (κ3) is 2.94. The van der Waals surface area contributed by atoms with Crippen molar-refractivity contribution >= 4 is 11.6 Å². The molecule has 0 nitrogen and oxygen atoms in total. The van der Waals surface area contributed by atoms with E-state index in [1.807, 2.05) is 12.1 Å². The molecule has 0 spiro atoms. The highest BCUT2D eigenvalue weighted by molar-refractivity contribution is 6.30. The molecular weight excluding hydrogens is 240 g/mol. The zero-order valence-electron chi connectivity index (χ0n) is 10.3. The second-order valence-corrected chi connectivity index (χ2v) is 5.42. The van der Waals surface area contributed by atoms with E-state index in [0.717, 1.165) is 17.4 Å².